The molecule has 3 aromatic rings. The lowest BCUT2D eigenvalue weighted by atomic mass is 10.1. The van der Waals surface area contributed by atoms with Crippen molar-refractivity contribution >= 4 is 11.6 Å². The van der Waals surface area contributed by atoms with Crippen LogP contribution in [0.25, 0.3) is 11.4 Å². The van der Waals surface area contributed by atoms with Crippen LogP contribution in [0.1, 0.15) is 24.3 Å². The Bertz CT molecular complexity index is 983. The molecule has 1 N–H and O–H groups in total. The monoisotopic (exact) mass is 424 g/mol. The third kappa shape index (κ3) is 5.88. The Labute approximate surface area is 180 Å². The van der Waals surface area contributed by atoms with Gasteiger partial charge in [0, 0.05) is 43.7 Å². The van der Waals surface area contributed by atoms with Crippen molar-refractivity contribution in [3.05, 3.63) is 65.8 Å². The average Bonchev–Trinajstić information content (AvgIpc) is 3.28. The highest BCUT2D eigenvalue weighted by Crippen LogP contribution is 2.18. The van der Waals surface area contributed by atoms with Crippen molar-refractivity contribution in [3.8, 4) is 11.4 Å². The fourth-order valence-corrected chi connectivity index (χ4v) is 3.41. The van der Waals surface area contributed by atoms with Crippen molar-refractivity contribution in [1.29, 1.82) is 0 Å². The second-order valence-electron chi connectivity index (χ2n) is 7.41. The van der Waals surface area contributed by atoms with Gasteiger partial charge in [0.15, 0.2) is 0 Å². The van der Waals surface area contributed by atoms with Crippen molar-refractivity contribution in [2.24, 2.45) is 0 Å². The first-order valence-electron chi connectivity index (χ1n) is 10.4. The topological polar surface area (TPSA) is 80.5 Å². The first-order chi connectivity index (χ1) is 15.2. The molecule has 2 heterocycles. The number of carbonyl (C=O) groups excluding carboxylic acids is 1. The smallest absolute Gasteiger partial charge is 0.226 e. The van der Waals surface area contributed by atoms with Gasteiger partial charge in [-0.25, -0.2) is 4.39 Å². The fourth-order valence-electron chi connectivity index (χ4n) is 3.41. The summed E-state index contributed by atoms with van der Waals surface area (Å²) in [4.78, 5) is 18.7. The van der Waals surface area contributed by atoms with Gasteiger partial charge in [-0.1, -0.05) is 17.3 Å². The number of hydrogen-bond acceptors (Lipinski definition) is 6. The number of amides is 1. The number of aryl methyl sites for hydroxylation is 1. The highest BCUT2D eigenvalue weighted by atomic mass is 19.1. The minimum absolute atomic E-state index is 0.0180. The summed E-state index contributed by atoms with van der Waals surface area (Å²) in [6.07, 6.45) is 1.49. The standard InChI is InChI=1S/C23H25FN4O3/c24-19-8-6-18(7-9-19)23-26-22(31-27-23)3-1-2-21(29)25-16-17-4-10-20(11-5-17)28-12-14-30-15-13-28/h4-11H,1-3,12-16H2,(H,25,29). The summed E-state index contributed by atoms with van der Waals surface area (Å²) in [5.41, 5.74) is 2.93. The minimum Gasteiger partial charge on any atom is -0.378 e. The Morgan fingerprint density at radius 3 is 2.55 bits per heavy atom. The Kier molecular flexibility index (Phi) is 6.89. The molecular formula is C23H25FN4O3. The van der Waals surface area contributed by atoms with Gasteiger partial charge >= 0.3 is 0 Å². The number of halogens is 1. The summed E-state index contributed by atoms with van der Waals surface area (Å²) in [7, 11) is 0. The molecule has 4 rings (SSSR count). The zero-order valence-electron chi connectivity index (χ0n) is 17.2. The maximum atomic E-state index is 13.0. The van der Waals surface area contributed by atoms with Crippen molar-refractivity contribution in [2.45, 2.75) is 25.8 Å². The number of rotatable bonds is 8. The summed E-state index contributed by atoms with van der Waals surface area (Å²) in [5.74, 6) is 0.549. The summed E-state index contributed by atoms with van der Waals surface area (Å²) in [6, 6.07) is 14.2. The van der Waals surface area contributed by atoms with Crippen LogP contribution in [-0.4, -0.2) is 42.4 Å². The minimum atomic E-state index is -0.313. The predicted octanol–water partition coefficient (Wildman–Crippen LogP) is 3.35. The Morgan fingerprint density at radius 1 is 1.06 bits per heavy atom. The zero-order valence-corrected chi connectivity index (χ0v) is 17.2. The summed E-state index contributed by atoms with van der Waals surface area (Å²) >= 11 is 0. The number of hydrogen-bond donors (Lipinski definition) is 1. The van der Waals surface area contributed by atoms with Gasteiger partial charge in [-0.3, -0.25) is 4.79 Å². The van der Waals surface area contributed by atoms with Crippen molar-refractivity contribution in [2.75, 3.05) is 31.2 Å². The van der Waals surface area contributed by atoms with E-state index in [4.69, 9.17) is 9.26 Å². The van der Waals surface area contributed by atoms with Crippen LogP contribution < -0.4 is 10.2 Å². The van der Waals surface area contributed by atoms with Gasteiger partial charge in [0.1, 0.15) is 5.82 Å². The predicted molar refractivity (Wildman–Crippen MR) is 114 cm³/mol. The van der Waals surface area contributed by atoms with Gasteiger partial charge in [-0.15, -0.1) is 0 Å². The number of carbonyl (C=O) groups is 1. The lowest BCUT2D eigenvalue weighted by molar-refractivity contribution is -0.121. The van der Waals surface area contributed by atoms with E-state index in [1.165, 1.54) is 17.8 Å². The van der Waals surface area contributed by atoms with Crippen molar-refractivity contribution in [3.63, 3.8) is 0 Å². The number of ether oxygens (including phenoxy) is 1. The van der Waals surface area contributed by atoms with Crippen LogP contribution in [0.3, 0.4) is 0 Å². The Balaban J connectivity index is 1.18. The first-order valence-corrected chi connectivity index (χ1v) is 10.4. The van der Waals surface area contributed by atoms with E-state index >= 15 is 0 Å². The molecule has 31 heavy (non-hydrogen) atoms. The molecule has 1 aromatic heterocycles. The van der Waals surface area contributed by atoms with Crippen LogP contribution in [0.5, 0.6) is 0 Å². The number of anilines is 1. The molecule has 0 saturated carbocycles. The van der Waals surface area contributed by atoms with E-state index in [0.29, 0.717) is 43.1 Å². The highest BCUT2D eigenvalue weighted by Gasteiger charge is 2.12. The molecule has 1 fully saturated rings. The van der Waals surface area contributed by atoms with Gasteiger partial charge < -0.3 is 19.5 Å². The zero-order chi connectivity index (χ0) is 21.5. The van der Waals surface area contributed by atoms with E-state index in [1.54, 1.807) is 12.1 Å². The van der Waals surface area contributed by atoms with E-state index in [2.05, 4.69) is 32.5 Å². The van der Waals surface area contributed by atoms with Gasteiger partial charge in [0.05, 0.1) is 13.2 Å². The molecule has 1 aliphatic heterocycles. The average molecular weight is 424 g/mol. The summed E-state index contributed by atoms with van der Waals surface area (Å²) < 4.78 is 23.6. The van der Waals surface area contributed by atoms with E-state index in [-0.39, 0.29) is 11.7 Å². The van der Waals surface area contributed by atoms with Gasteiger partial charge in [-0.2, -0.15) is 4.98 Å². The molecule has 0 atom stereocenters. The van der Waals surface area contributed by atoms with Crippen molar-refractivity contribution in [1.82, 2.24) is 15.5 Å². The number of aromatic nitrogens is 2. The first kappa shape index (κ1) is 21.0. The molecular weight excluding hydrogens is 399 g/mol. The van der Waals surface area contributed by atoms with Gasteiger partial charge in [0.25, 0.3) is 0 Å². The molecule has 2 aromatic carbocycles. The lowest BCUT2D eigenvalue weighted by Gasteiger charge is -2.28. The van der Waals surface area contributed by atoms with E-state index in [0.717, 1.165) is 31.9 Å². The Hall–Kier alpha value is -3.26. The molecule has 0 aliphatic carbocycles. The molecule has 8 heteroatoms. The van der Waals surface area contributed by atoms with Crippen LogP contribution in [0.4, 0.5) is 10.1 Å². The maximum Gasteiger partial charge on any atom is 0.226 e. The van der Waals surface area contributed by atoms with Crippen LogP contribution in [0, 0.1) is 5.82 Å². The maximum absolute atomic E-state index is 13.0. The molecule has 1 amide bonds. The molecule has 1 saturated heterocycles. The number of benzene rings is 2. The SMILES string of the molecule is O=C(CCCc1nc(-c2ccc(F)cc2)no1)NCc1ccc(N2CCOCC2)cc1. The summed E-state index contributed by atoms with van der Waals surface area (Å²) in [6.45, 7) is 3.82. The molecule has 0 unspecified atom stereocenters. The molecule has 7 nitrogen and oxygen atoms in total. The molecule has 1 aliphatic rings. The molecule has 0 spiro atoms. The van der Waals surface area contributed by atoms with Crippen LogP contribution in [0.15, 0.2) is 53.1 Å². The summed E-state index contributed by atoms with van der Waals surface area (Å²) in [5, 5.41) is 6.86. The quantitative estimate of drug-likeness (QED) is 0.597. The second kappa shape index (κ2) is 10.2. The highest BCUT2D eigenvalue weighted by molar-refractivity contribution is 5.75. The number of nitrogens with zero attached hydrogens (tertiary/aromatic N) is 3. The normalized spacial score (nSPS) is 13.9. The van der Waals surface area contributed by atoms with Crippen LogP contribution >= 0.6 is 0 Å². The molecule has 162 valence electrons. The van der Waals surface area contributed by atoms with Gasteiger partial charge in [-0.05, 0) is 48.4 Å². The number of nitrogens with one attached hydrogen (secondary N) is 1. The van der Waals surface area contributed by atoms with Crippen LogP contribution in [0.2, 0.25) is 0 Å². The Morgan fingerprint density at radius 2 is 1.81 bits per heavy atom. The third-order valence-corrected chi connectivity index (χ3v) is 5.17. The largest absolute Gasteiger partial charge is 0.378 e. The van der Waals surface area contributed by atoms with Crippen molar-refractivity contribution < 1.29 is 18.4 Å². The lowest BCUT2D eigenvalue weighted by Crippen LogP contribution is -2.36. The van der Waals surface area contributed by atoms with E-state index in [1.807, 2.05) is 12.1 Å². The third-order valence-electron chi connectivity index (χ3n) is 5.17. The van der Waals surface area contributed by atoms with E-state index in [9.17, 15) is 9.18 Å². The second-order valence-corrected chi connectivity index (χ2v) is 7.41. The van der Waals surface area contributed by atoms with Crippen LogP contribution in [-0.2, 0) is 22.5 Å². The number of morpholine rings is 1. The fraction of sp³-hybridized carbons (Fsp3) is 0.348. The molecule has 0 bridgehead atoms. The molecule has 0 radical (unpaired) electrons. The van der Waals surface area contributed by atoms with Gasteiger partial charge in [0.2, 0.25) is 17.6 Å². The van der Waals surface area contributed by atoms with E-state index < -0.39 is 0 Å².